The van der Waals surface area contributed by atoms with Crippen LogP contribution in [0, 0.1) is 0 Å². The molecule has 0 unspecified atom stereocenters. The van der Waals surface area contributed by atoms with Crippen LogP contribution in [-0.2, 0) is 21.4 Å². The number of hydrogen-bond acceptors (Lipinski definition) is 5. The van der Waals surface area contributed by atoms with Crippen molar-refractivity contribution >= 4 is 38.7 Å². The van der Waals surface area contributed by atoms with Crippen molar-refractivity contribution in [1.29, 1.82) is 0 Å². The molecule has 0 aliphatic rings. The number of primary sulfonamides is 1. The van der Waals surface area contributed by atoms with E-state index >= 15 is 0 Å². The van der Waals surface area contributed by atoms with Gasteiger partial charge in [-0.3, -0.25) is 4.79 Å². The van der Waals surface area contributed by atoms with Crippen LogP contribution < -0.4 is 10.5 Å². The summed E-state index contributed by atoms with van der Waals surface area (Å²) in [7, 11) is -3.77. The molecule has 7 nitrogen and oxygen atoms in total. The van der Waals surface area contributed by atoms with Crippen LogP contribution in [0.3, 0.4) is 0 Å². The number of rotatable bonds is 8. The van der Waals surface area contributed by atoms with E-state index in [1.165, 1.54) is 23.9 Å². The maximum absolute atomic E-state index is 12.0. The zero-order chi connectivity index (χ0) is 18.6. The fourth-order valence-corrected chi connectivity index (χ4v) is 4.06. The third-order valence-electron chi connectivity index (χ3n) is 3.79. The van der Waals surface area contributed by atoms with Crippen molar-refractivity contribution in [3.63, 3.8) is 0 Å². The van der Waals surface area contributed by atoms with Gasteiger partial charge in [0.05, 0.1) is 21.7 Å². The second kappa shape index (κ2) is 8.20. The van der Waals surface area contributed by atoms with Crippen LogP contribution in [0.2, 0.25) is 0 Å². The van der Waals surface area contributed by atoms with Crippen molar-refractivity contribution in [1.82, 2.24) is 14.9 Å². The molecule has 0 saturated carbocycles. The van der Waals surface area contributed by atoms with Gasteiger partial charge in [-0.25, -0.2) is 18.5 Å². The summed E-state index contributed by atoms with van der Waals surface area (Å²) >= 11 is 1.34. The Labute approximate surface area is 152 Å². The predicted molar refractivity (Wildman–Crippen MR) is 100 cm³/mol. The molecule has 0 aliphatic heterocycles. The van der Waals surface area contributed by atoms with Crippen molar-refractivity contribution < 1.29 is 13.2 Å². The first kappa shape index (κ1) is 19.7. The molecule has 1 aromatic heterocycles. The number of carbonyl (C=O) groups is 1. The number of fused-ring (bicyclic) bond motifs is 1. The first-order valence-electron chi connectivity index (χ1n) is 8.21. The highest BCUT2D eigenvalue weighted by atomic mass is 32.2. The monoisotopic (exact) mass is 384 g/mol. The Morgan fingerprint density at radius 3 is 2.72 bits per heavy atom. The van der Waals surface area contributed by atoms with E-state index in [-0.39, 0.29) is 22.6 Å². The van der Waals surface area contributed by atoms with Crippen molar-refractivity contribution in [2.75, 3.05) is 5.75 Å². The molecular weight excluding hydrogens is 360 g/mol. The number of aryl methyl sites for hydroxylation is 1. The maximum Gasteiger partial charge on any atom is 0.238 e. The summed E-state index contributed by atoms with van der Waals surface area (Å²) in [6.07, 6.45) is 1.97. The molecular formula is C16H24N4O3S2. The van der Waals surface area contributed by atoms with Gasteiger partial charge in [-0.1, -0.05) is 25.1 Å². The molecule has 0 aliphatic carbocycles. The second-order valence-corrected chi connectivity index (χ2v) is 8.38. The molecule has 138 valence electrons. The summed E-state index contributed by atoms with van der Waals surface area (Å²) < 4.78 is 24.9. The molecule has 1 aromatic carbocycles. The minimum absolute atomic E-state index is 0.0310. The Balaban J connectivity index is 2.19. The molecule has 1 amide bonds. The summed E-state index contributed by atoms with van der Waals surface area (Å²) in [4.78, 5) is 16.5. The van der Waals surface area contributed by atoms with Crippen LogP contribution in [0.1, 0.15) is 33.6 Å². The lowest BCUT2D eigenvalue weighted by Crippen LogP contribution is -2.33. The largest absolute Gasteiger partial charge is 0.353 e. The predicted octanol–water partition coefficient (Wildman–Crippen LogP) is 2.10. The zero-order valence-electron chi connectivity index (χ0n) is 14.7. The van der Waals surface area contributed by atoms with Gasteiger partial charge in [0.2, 0.25) is 15.9 Å². The van der Waals surface area contributed by atoms with Gasteiger partial charge >= 0.3 is 0 Å². The normalized spacial score (nSPS) is 13.1. The number of benzene rings is 1. The average Bonchev–Trinajstić information content (AvgIpc) is 2.88. The minimum Gasteiger partial charge on any atom is -0.353 e. The molecule has 2 aromatic rings. The van der Waals surface area contributed by atoms with Crippen LogP contribution >= 0.6 is 11.8 Å². The molecule has 1 atom stereocenters. The molecule has 0 radical (unpaired) electrons. The van der Waals surface area contributed by atoms with Gasteiger partial charge in [-0.05, 0) is 38.5 Å². The lowest BCUT2D eigenvalue weighted by Gasteiger charge is -2.12. The van der Waals surface area contributed by atoms with Gasteiger partial charge in [-0.2, -0.15) is 0 Å². The highest BCUT2D eigenvalue weighted by molar-refractivity contribution is 7.99. The smallest absolute Gasteiger partial charge is 0.238 e. The quantitative estimate of drug-likeness (QED) is 0.678. The van der Waals surface area contributed by atoms with E-state index in [4.69, 9.17) is 5.14 Å². The minimum atomic E-state index is -3.77. The first-order chi connectivity index (χ1) is 11.8. The number of carbonyl (C=O) groups excluding carboxylic acids is 1. The van der Waals surface area contributed by atoms with E-state index < -0.39 is 10.0 Å². The van der Waals surface area contributed by atoms with Gasteiger partial charge in [0, 0.05) is 12.6 Å². The number of amides is 1. The van der Waals surface area contributed by atoms with Crippen LogP contribution in [-0.4, -0.2) is 35.7 Å². The van der Waals surface area contributed by atoms with Crippen molar-refractivity contribution in [2.24, 2.45) is 5.14 Å². The van der Waals surface area contributed by atoms with E-state index in [9.17, 15) is 13.2 Å². The molecule has 0 bridgehead atoms. The zero-order valence-corrected chi connectivity index (χ0v) is 16.3. The Bertz CT molecular complexity index is 862. The summed E-state index contributed by atoms with van der Waals surface area (Å²) in [5.74, 6) is 0.227. The van der Waals surface area contributed by atoms with Crippen molar-refractivity contribution in [2.45, 2.75) is 56.3 Å². The SMILES string of the molecule is CCC[C@@H](C)NC(=O)CSc1nc2cc(S(N)(=O)=O)ccc2n1CC. The van der Waals surface area contributed by atoms with Crippen LogP contribution in [0.15, 0.2) is 28.3 Å². The van der Waals surface area contributed by atoms with Crippen LogP contribution in [0.25, 0.3) is 11.0 Å². The molecule has 2 rings (SSSR count). The highest BCUT2D eigenvalue weighted by Gasteiger charge is 2.16. The Hall–Kier alpha value is -1.58. The third-order valence-corrected chi connectivity index (χ3v) is 5.68. The summed E-state index contributed by atoms with van der Waals surface area (Å²) in [6.45, 7) is 6.71. The molecule has 0 saturated heterocycles. The number of nitrogens with two attached hydrogens (primary N) is 1. The molecule has 0 fully saturated rings. The third kappa shape index (κ3) is 4.96. The number of hydrogen-bond donors (Lipinski definition) is 2. The second-order valence-electron chi connectivity index (χ2n) is 5.88. The number of aromatic nitrogens is 2. The van der Waals surface area contributed by atoms with E-state index in [1.54, 1.807) is 6.07 Å². The van der Waals surface area contributed by atoms with E-state index in [2.05, 4.69) is 17.2 Å². The van der Waals surface area contributed by atoms with E-state index in [1.807, 2.05) is 18.4 Å². The Morgan fingerprint density at radius 1 is 1.40 bits per heavy atom. The molecule has 3 N–H and O–H groups in total. The Morgan fingerprint density at radius 2 is 2.12 bits per heavy atom. The Kier molecular flexibility index (Phi) is 6.47. The molecule has 1 heterocycles. The summed E-state index contributed by atoms with van der Waals surface area (Å²) in [6, 6.07) is 4.78. The van der Waals surface area contributed by atoms with E-state index in [0.29, 0.717) is 17.2 Å². The number of nitrogens with one attached hydrogen (secondary N) is 1. The van der Waals surface area contributed by atoms with Gasteiger partial charge in [0.25, 0.3) is 0 Å². The van der Waals surface area contributed by atoms with Gasteiger partial charge in [0.15, 0.2) is 5.16 Å². The fourth-order valence-electron chi connectivity index (χ4n) is 2.63. The van der Waals surface area contributed by atoms with Gasteiger partial charge in [0.1, 0.15) is 0 Å². The summed E-state index contributed by atoms with van der Waals surface area (Å²) in [5, 5.41) is 8.82. The van der Waals surface area contributed by atoms with Crippen molar-refractivity contribution in [3.05, 3.63) is 18.2 Å². The van der Waals surface area contributed by atoms with Gasteiger partial charge in [-0.15, -0.1) is 0 Å². The van der Waals surface area contributed by atoms with Crippen LogP contribution in [0.4, 0.5) is 0 Å². The lowest BCUT2D eigenvalue weighted by atomic mass is 10.2. The fraction of sp³-hybridized carbons (Fsp3) is 0.500. The standard InChI is InChI=1S/C16H24N4O3S2/c1-4-6-11(3)18-15(21)10-24-16-19-13-9-12(25(17,22)23)7-8-14(13)20(16)5-2/h7-9,11H,4-6,10H2,1-3H3,(H,18,21)(H2,17,22,23)/t11-/m1/s1. The topological polar surface area (TPSA) is 107 Å². The lowest BCUT2D eigenvalue weighted by molar-refractivity contribution is -0.119. The average molecular weight is 385 g/mol. The first-order valence-corrected chi connectivity index (χ1v) is 10.7. The number of sulfonamides is 1. The van der Waals surface area contributed by atoms with Crippen molar-refractivity contribution in [3.8, 4) is 0 Å². The van der Waals surface area contributed by atoms with Crippen LogP contribution in [0.5, 0.6) is 0 Å². The number of nitrogens with zero attached hydrogens (tertiary/aromatic N) is 2. The molecule has 25 heavy (non-hydrogen) atoms. The number of thioether (sulfide) groups is 1. The molecule has 9 heteroatoms. The van der Waals surface area contributed by atoms with E-state index in [0.717, 1.165) is 18.4 Å². The maximum atomic E-state index is 12.0. The highest BCUT2D eigenvalue weighted by Crippen LogP contribution is 2.25. The summed E-state index contributed by atoms with van der Waals surface area (Å²) in [5.41, 5.74) is 1.37. The number of imidazole rings is 1. The van der Waals surface area contributed by atoms with Gasteiger partial charge < -0.3 is 9.88 Å². The molecule has 0 spiro atoms.